The summed E-state index contributed by atoms with van der Waals surface area (Å²) in [6.07, 6.45) is 1.35. The number of aryl methyl sites for hydroxylation is 1. The summed E-state index contributed by atoms with van der Waals surface area (Å²) in [7, 11) is -1.39. The third-order valence-corrected chi connectivity index (χ3v) is 6.17. The molecule has 32 heavy (non-hydrogen) atoms. The van der Waals surface area contributed by atoms with Gasteiger partial charge in [-0.15, -0.1) is 0 Å². The molecule has 2 aromatic carbocycles. The minimum absolute atomic E-state index is 0.0579. The Hall–Kier alpha value is -2.73. The van der Waals surface area contributed by atoms with Crippen molar-refractivity contribution in [3.8, 4) is 11.5 Å². The van der Waals surface area contributed by atoms with E-state index in [2.05, 4.69) is 0 Å². The number of hydrogen-bond acceptors (Lipinski definition) is 8. The number of benzene rings is 2. The maximum Gasteiger partial charge on any atom is 0.294 e. The van der Waals surface area contributed by atoms with E-state index in [0.717, 1.165) is 42.2 Å². The summed E-state index contributed by atoms with van der Waals surface area (Å²) in [5, 5.41) is 11.0. The molecule has 1 aliphatic rings. The largest absolute Gasteiger partial charge is 0.493 e. The van der Waals surface area contributed by atoms with Crippen molar-refractivity contribution in [2.45, 2.75) is 30.3 Å². The first kappa shape index (κ1) is 23.9. The van der Waals surface area contributed by atoms with Gasteiger partial charge in [0.15, 0.2) is 11.5 Å². The van der Waals surface area contributed by atoms with Gasteiger partial charge in [0, 0.05) is 18.7 Å². The molecular weight excluding hydrogens is 442 g/mol. The Kier molecular flexibility index (Phi) is 7.67. The highest BCUT2D eigenvalue weighted by Crippen LogP contribution is 2.36. The monoisotopic (exact) mass is 467 g/mol. The van der Waals surface area contributed by atoms with Gasteiger partial charge in [0.1, 0.15) is 6.10 Å². The summed E-state index contributed by atoms with van der Waals surface area (Å²) >= 11 is 0. The average molecular weight is 467 g/mol. The molecule has 2 aromatic rings. The Balaban J connectivity index is 1.73. The van der Waals surface area contributed by atoms with Crippen LogP contribution in [0.25, 0.3) is 0 Å². The average Bonchev–Trinajstić information content (AvgIpc) is 2.96. The quantitative estimate of drug-likeness (QED) is 0.255. The van der Waals surface area contributed by atoms with Crippen LogP contribution in [-0.4, -0.2) is 51.9 Å². The first-order valence-electron chi connectivity index (χ1n) is 9.93. The third kappa shape index (κ3) is 5.54. The number of nitro groups is 1. The van der Waals surface area contributed by atoms with Crippen LogP contribution in [0.3, 0.4) is 0 Å². The van der Waals surface area contributed by atoms with Gasteiger partial charge in [0.05, 0.1) is 37.3 Å². The lowest BCUT2D eigenvalue weighted by molar-refractivity contribution is -0.385. The second kappa shape index (κ2) is 10.3. The molecule has 0 saturated carbocycles. The van der Waals surface area contributed by atoms with Gasteiger partial charge in [0.25, 0.3) is 15.8 Å². The molecular formula is C21H25NO9S. The van der Waals surface area contributed by atoms with Crippen LogP contribution in [0.4, 0.5) is 5.69 Å². The summed E-state index contributed by atoms with van der Waals surface area (Å²) in [6.45, 7) is 0.815. The summed E-state index contributed by atoms with van der Waals surface area (Å²) in [5.41, 5.74) is 1.83. The molecule has 11 heteroatoms. The van der Waals surface area contributed by atoms with E-state index in [1.54, 1.807) is 14.2 Å². The minimum atomic E-state index is -4.52. The summed E-state index contributed by atoms with van der Waals surface area (Å²) < 4.78 is 55.1. The Morgan fingerprint density at radius 2 is 1.91 bits per heavy atom. The Morgan fingerprint density at radius 3 is 2.56 bits per heavy atom. The highest BCUT2D eigenvalue weighted by Gasteiger charge is 2.23. The zero-order valence-corrected chi connectivity index (χ0v) is 18.6. The van der Waals surface area contributed by atoms with E-state index in [9.17, 15) is 23.1 Å². The molecule has 0 radical (unpaired) electrons. The summed E-state index contributed by atoms with van der Waals surface area (Å²) in [5.74, 6) is 1.22. The van der Waals surface area contributed by atoms with Crippen LogP contribution in [-0.2, 0) is 32.4 Å². The molecule has 174 valence electrons. The van der Waals surface area contributed by atoms with E-state index >= 15 is 0 Å². The molecule has 0 aliphatic carbocycles. The lowest BCUT2D eigenvalue weighted by atomic mass is 9.99. The number of ether oxygens (including phenoxy) is 4. The smallest absolute Gasteiger partial charge is 0.294 e. The fraction of sp³-hybridized carbons (Fsp3) is 0.429. The van der Waals surface area contributed by atoms with Crippen molar-refractivity contribution in [2.24, 2.45) is 0 Å². The zero-order valence-electron chi connectivity index (χ0n) is 17.8. The summed E-state index contributed by atoms with van der Waals surface area (Å²) in [6, 6.07) is 6.97. The van der Waals surface area contributed by atoms with E-state index in [1.807, 2.05) is 12.1 Å². The molecule has 10 nitrogen and oxygen atoms in total. The molecule has 1 unspecified atom stereocenters. The van der Waals surface area contributed by atoms with Crippen LogP contribution in [0.1, 0.15) is 29.2 Å². The van der Waals surface area contributed by atoms with Crippen LogP contribution < -0.4 is 9.47 Å². The molecule has 0 bridgehead atoms. The van der Waals surface area contributed by atoms with Gasteiger partial charge in [-0.2, -0.15) is 8.42 Å². The maximum atomic E-state index is 11.6. The van der Waals surface area contributed by atoms with Gasteiger partial charge in [-0.1, -0.05) is 0 Å². The lowest BCUT2D eigenvalue weighted by Crippen LogP contribution is -2.14. The Morgan fingerprint density at radius 1 is 1.19 bits per heavy atom. The van der Waals surface area contributed by atoms with Crippen molar-refractivity contribution in [1.82, 2.24) is 0 Å². The fourth-order valence-corrected chi connectivity index (χ4v) is 4.40. The van der Waals surface area contributed by atoms with Gasteiger partial charge in [-0.3, -0.25) is 14.7 Å². The lowest BCUT2D eigenvalue weighted by Gasteiger charge is -2.20. The molecule has 1 heterocycles. The van der Waals surface area contributed by atoms with Crippen molar-refractivity contribution >= 4 is 15.8 Å². The molecule has 1 aliphatic heterocycles. The molecule has 1 atom stereocenters. The first-order chi connectivity index (χ1) is 15.2. The van der Waals surface area contributed by atoms with Gasteiger partial charge in [-0.05, 0) is 54.2 Å². The second-order valence-electron chi connectivity index (χ2n) is 7.22. The first-order valence-corrected chi connectivity index (χ1v) is 11.4. The normalized spacial score (nSPS) is 16.2. The maximum absolute atomic E-state index is 11.6. The van der Waals surface area contributed by atoms with Crippen molar-refractivity contribution in [2.75, 3.05) is 34.0 Å². The predicted octanol–water partition coefficient (Wildman–Crippen LogP) is 3.12. The van der Waals surface area contributed by atoms with E-state index in [1.165, 1.54) is 0 Å². The zero-order chi connectivity index (χ0) is 23.3. The topological polar surface area (TPSA) is 134 Å². The number of methoxy groups -OCH3 is 2. The molecule has 0 amide bonds. The van der Waals surface area contributed by atoms with Crippen LogP contribution in [0, 0.1) is 10.1 Å². The Bertz CT molecular complexity index is 1080. The molecule has 0 saturated heterocycles. The fourth-order valence-electron chi connectivity index (χ4n) is 3.67. The van der Waals surface area contributed by atoms with E-state index in [-0.39, 0.29) is 41.9 Å². The second-order valence-corrected chi connectivity index (χ2v) is 8.61. The third-order valence-electron chi connectivity index (χ3n) is 5.22. The number of nitro benzene ring substituents is 1. The predicted molar refractivity (Wildman–Crippen MR) is 114 cm³/mol. The van der Waals surface area contributed by atoms with Gasteiger partial charge >= 0.3 is 0 Å². The van der Waals surface area contributed by atoms with Gasteiger partial charge < -0.3 is 18.9 Å². The highest BCUT2D eigenvalue weighted by molar-refractivity contribution is 7.85. The van der Waals surface area contributed by atoms with Gasteiger partial charge in [-0.25, -0.2) is 0 Å². The van der Waals surface area contributed by atoms with E-state index in [4.69, 9.17) is 18.9 Å². The highest BCUT2D eigenvalue weighted by atomic mass is 32.2. The van der Waals surface area contributed by atoms with Crippen molar-refractivity contribution < 1.29 is 36.8 Å². The van der Waals surface area contributed by atoms with Crippen LogP contribution in [0.5, 0.6) is 11.5 Å². The number of nitrogens with zero attached hydrogens (tertiary/aromatic N) is 1. The van der Waals surface area contributed by atoms with Crippen molar-refractivity contribution in [3.05, 3.63) is 57.1 Å². The van der Waals surface area contributed by atoms with E-state index in [0.29, 0.717) is 18.1 Å². The minimum Gasteiger partial charge on any atom is -0.493 e. The molecule has 1 N–H and O–H groups in total. The van der Waals surface area contributed by atoms with Crippen LogP contribution in [0.2, 0.25) is 0 Å². The SMILES string of the molecule is COc1cc2c(cc1OC)C(COCCc1cc([N+](=O)[O-])ccc1S(=O)(=O)O)OCCC2. The molecule has 0 fully saturated rings. The number of fused-ring (bicyclic) bond motifs is 1. The van der Waals surface area contributed by atoms with Crippen molar-refractivity contribution in [3.63, 3.8) is 0 Å². The molecule has 3 rings (SSSR count). The number of hydrogen-bond donors (Lipinski definition) is 1. The van der Waals surface area contributed by atoms with Crippen LogP contribution in [0.15, 0.2) is 35.2 Å². The number of non-ortho nitro benzene ring substituents is 1. The van der Waals surface area contributed by atoms with Crippen LogP contribution >= 0.6 is 0 Å². The van der Waals surface area contributed by atoms with E-state index < -0.39 is 15.0 Å². The standard InChI is InChI=1S/C21H25NO9S/c1-28-18-11-14-4-3-8-31-20(17(14)12-19(18)29-2)13-30-9-7-15-10-16(22(23)24)5-6-21(15)32(25,26)27/h5-6,10-12,20H,3-4,7-9,13H2,1-2H3,(H,25,26,27). The summed E-state index contributed by atoms with van der Waals surface area (Å²) in [4.78, 5) is 10.0. The molecule has 0 spiro atoms. The molecule has 0 aromatic heterocycles. The van der Waals surface area contributed by atoms with Gasteiger partial charge in [0.2, 0.25) is 0 Å². The Labute approximate surface area is 186 Å². The number of rotatable bonds is 9. The van der Waals surface area contributed by atoms with Crippen molar-refractivity contribution in [1.29, 1.82) is 0 Å².